The third kappa shape index (κ3) is 6.09. The molecule has 2 heterocycles. The van der Waals surface area contributed by atoms with Crippen LogP contribution >= 0.6 is 0 Å². The number of hydrogen-bond donors (Lipinski definition) is 1. The van der Waals surface area contributed by atoms with Crippen LogP contribution in [0, 0.1) is 5.92 Å². The van der Waals surface area contributed by atoms with Crippen molar-refractivity contribution in [2.75, 3.05) is 18.4 Å². The third-order valence-corrected chi connectivity index (χ3v) is 7.92. The molecule has 1 amide bonds. The highest BCUT2D eigenvalue weighted by atomic mass is 32.2. The number of carbonyl (C=O) groups is 2. The summed E-state index contributed by atoms with van der Waals surface area (Å²) in [6.07, 6.45) is 6.46. The first-order valence-corrected chi connectivity index (χ1v) is 12.9. The fraction of sp³-hybridized carbons (Fsp3) is 0.222. The van der Waals surface area contributed by atoms with Crippen molar-refractivity contribution in [1.82, 2.24) is 9.29 Å². The average Bonchev–Trinajstić information content (AvgIpc) is 2.88. The first kappa shape index (κ1) is 24.5. The van der Waals surface area contributed by atoms with Gasteiger partial charge in [0.15, 0.2) is 5.78 Å². The zero-order valence-corrected chi connectivity index (χ0v) is 20.2. The third-order valence-electron chi connectivity index (χ3n) is 6.01. The standard InChI is InChI=1S/C27H27N3O4S/c1-20(31)22-9-12-26(13-10-22)35(33,34)30-17-14-23(15-18-30)27(32)29-25-7-4-5-21(19-25)8-11-24-6-2-3-16-28-24/h2-13,16,19,23H,14-15,17-18H2,1H3,(H,29,32). The number of nitrogens with one attached hydrogen (secondary N) is 1. The van der Waals surface area contributed by atoms with E-state index in [4.69, 9.17) is 0 Å². The summed E-state index contributed by atoms with van der Waals surface area (Å²) in [4.78, 5) is 28.7. The average molecular weight is 490 g/mol. The lowest BCUT2D eigenvalue weighted by Crippen LogP contribution is -2.41. The smallest absolute Gasteiger partial charge is 0.243 e. The number of pyridine rings is 1. The summed E-state index contributed by atoms with van der Waals surface area (Å²) in [6.45, 7) is 1.97. The van der Waals surface area contributed by atoms with Crippen LogP contribution in [0.2, 0.25) is 0 Å². The molecule has 180 valence electrons. The Kier molecular flexibility index (Phi) is 7.53. The Hall–Kier alpha value is -3.62. The maximum absolute atomic E-state index is 13.0. The van der Waals surface area contributed by atoms with Gasteiger partial charge in [0, 0.05) is 36.5 Å². The second-order valence-electron chi connectivity index (χ2n) is 8.46. The summed E-state index contributed by atoms with van der Waals surface area (Å²) in [5.41, 5.74) is 2.94. The molecule has 0 radical (unpaired) electrons. The van der Waals surface area contributed by atoms with Gasteiger partial charge in [0.2, 0.25) is 15.9 Å². The molecule has 4 rings (SSSR count). The van der Waals surface area contributed by atoms with E-state index >= 15 is 0 Å². The minimum atomic E-state index is -3.67. The van der Waals surface area contributed by atoms with Gasteiger partial charge in [-0.25, -0.2) is 8.42 Å². The SMILES string of the molecule is CC(=O)c1ccc(S(=O)(=O)N2CCC(C(=O)Nc3cccc(C=Cc4ccccn4)c3)CC2)cc1. The van der Waals surface area contributed by atoms with E-state index in [2.05, 4.69) is 10.3 Å². The van der Waals surface area contributed by atoms with E-state index in [9.17, 15) is 18.0 Å². The number of piperidine rings is 1. The zero-order chi connectivity index (χ0) is 24.8. The summed E-state index contributed by atoms with van der Waals surface area (Å²) in [7, 11) is -3.67. The van der Waals surface area contributed by atoms with E-state index in [-0.39, 0.29) is 35.6 Å². The van der Waals surface area contributed by atoms with Gasteiger partial charge >= 0.3 is 0 Å². The normalized spacial score (nSPS) is 15.2. The van der Waals surface area contributed by atoms with Gasteiger partial charge in [0.05, 0.1) is 10.6 Å². The molecule has 0 bridgehead atoms. The molecule has 0 atom stereocenters. The van der Waals surface area contributed by atoms with Crippen molar-refractivity contribution in [3.63, 3.8) is 0 Å². The number of sulfonamides is 1. The lowest BCUT2D eigenvalue weighted by Gasteiger charge is -2.30. The van der Waals surface area contributed by atoms with Crippen LogP contribution in [0.5, 0.6) is 0 Å². The number of Topliss-reactive ketones (excluding diaryl/α,β-unsaturated/α-hetero) is 1. The predicted octanol–water partition coefficient (Wildman–Crippen LogP) is 4.49. The van der Waals surface area contributed by atoms with Crippen LogP contribution in [0.25, 0.3) is 12.2 Å². The van der Waals surface area contributed by atoms with Crippen molar-refractivity contribution in [3.05, 3.63) is 89.7 Å². The number of amides is 1. The first-order valence-electron chi connectivity index (χ1n) is 11.4. The quantitative estimate of drug-likeness (QED) is 0.493. The summed E-state index contributed by atoms with van der Waals surface area (Å²) in [5.74, 6) is -0.497. The highest BCUT2D eigenvalue weighted by molar-refractivity contribution is 7.89. The highest BCUT2D eigenvalue weighted by Gasteiger charge is 2.32. The molecule has 1 aliphatic heterocycles. The molecule has 2 aromatic carbocycles. The number of ketones is 1. The van der Waals surface area contributed by atoms with Crippen molar-refractivity contribution in [2.24, 2.45) is 5.92 Å². The second kappa shape index (κ2) is 10.8. The zero-order valence-electron chi connectivity index (χ0n) is 19.4. The molecule has 3 aromatic rings. The van der Waals surface area contributed by atoms with Gasteiger partial charge in [-0.1, -0.05) is 36.4 Å². The van der Waals surface area contributed by atoms with Gasteiger partial charge in [-0.05, 0) is 67.8 Å². The fourth-order valence-corrected chi connectivity index (χ4v) is 5.46. The number of carbonyl (C=O) groups excluding carboxylic acids is 2. The van der Waals surface area contributed by atoms with Gasteiger partial charge < -0.3 is 5.32 Å². The molecule has 0 aliphatic carbocycles. The Morgan fingerprint density at radius 2 is 1.71 bits per heavy atom. The van der Waals surface area contributed by atoms with Crippen molar-refractivity contribution < 1.29 is 18.0 Å². The van der Waals surface area contributed by atoms with Crippen LogP contribution in [0.4, 0.5) is 5.69 Å². The van der Waals surface area contributed by atoms with E-state index < -0.39 is 10.0 Å². The van der Waals surface area contributed by atoms with Gasteiger partial charge in [-0.15, -0.1) is 0 Å². The predicted molar refractivity (Wildman–Crippen MR) is 136 cm³/mol. The molecule has 1 saturated heterocycles. The number of anilines is 1. The van der Waals surface area contributed by atoms with Gasteiger partial charge in [-0.2, -0.15) is 4.31 Å². The summed E-state index contributed by atoms with van der Waals surface area (Å²) in [6, 6.07) is 19.2. The lowest BCUT2D eigenvalue weighted by atomic mass is 9.97. The first-order chi connectivity index (χ1) is 16.8. The van der Waals surface area contributed by atoms with E-state index in [0.29, 0.717) is 24.1 Å². The van der Waals surface area contributed by atoms with E-state index in [1.165, 1.54) is 35.5 Å². The highest BCUT2D eigenvalue weighted by Crippen LogP contribution is 2.25. The van der Waals surface area contributed by atoms with Crippen LogP contribution in [-0.4, -0.2) is 42.5 Å². The van der Waals surface area contributed by atoms with Crippen LogP contribution in [-0.2, 0) is 14.8 Å². The summed E-state index contributed by atoms with van der Waals surface area (Å²) < 4.78 is 27.3. The second-order valence-corrected chi connectivity index (χ2v) is 10.4. The Morgan fingerprint density at radius 1 is 0.971 bits per heavy atom. The van der Waals surface area contributed by atoms with E-state index in [1.807, 2.05) is 54.6 Å². The number of aromatic nitrogens is 1. The Balaban J connectivity index is 1.34. The molecular formula is C27H27N3O4S. The molecule has 0 saturated carbocycles. The Bertz CT molecular complexity index is 1330. The van der Waals surface area contributed by atoms with Gasteiger partial charge in [0.25, 0.3) is 0 Å². The van der Waals surface area contributed by atoms with Crippen molar-refractivity contribution in [2.45, 2.75) is 24.7 Å². The largest absolute Gasteiger partial charge is 0.326 e. The fourth-order valence-electron chi connectivity index (χ4n) is 3.99. The van der Waals surface area contributed by atoms with E-state index in [0.717, 1.165) is 11.3 Å². The minimum Gasteiger partial charge on any atom is -0.326 e. The van der Waals surface area contributed by atoms with Gasteiger partial charge in [0.1, 0.15) is 0 Å². The van der Waals surface area contributed by atoms with Crippen LogP contribution in [0.15, 0.2) is 77.8 Å². The van der Waals surface area contributed by atoms with Crippen molar-refractivity contribution >= 4 is 39.6 Å². The molecule has 1 aliphatic rings. The number of nitrogens with zero attached hydrogens (tertiary/aromatic N) is 2. The molecule has 35 heavy (non-hydrogen) atoms. The molecule has 1 aromatic heterocycles. The van der Waals surface area contributed by atoms with E-state index in [1.54, 1.807) is 6.20 Å². The molecule has 0 unspecified atom stereocenters. The molecule has 7 nitrogen and oxygen atoms in total. The number of benzene rings is 2. The summed E-state index contributed by atoms with van der Waals surface area (Å²) in [5, 5.41) is 2.96. The van der Waals surface area contributed by atoms with Crippen molar-refractivity contribution in [3.8, 4) is 0 Å². The van der Waals surface area contributed by atoms with Crippen LogP contribution in [0.1, 0.15) is 41.4 Å². The maximum Gasteiger partial charge on any atom is 0.243 e. The Morgan fingerprint density at radius 3 is 2.37 bits per heavy atom. The number of hydrogen-bond acceptors (Lipinski definition) is 5. The number of rotatable bonds is 7. The van der Waals surface area contributed by atoms with Crippen LogP contribution in [0.3, 0.4) is 0 Å². The minimum absolute atomic E-state index is 0.112. The maximum atomic E-state index is 13.0. The monoisotopic (exact) mass is 489 g/mol. The van der Waals surface area contributed by atoms with Crippen molar-refractivity contribution in [1.29, 1.82) is 0 Å². The van der Waals surface area contributed by atoms with Gasteiger partial charge in [-0.3, -0.25) is 14.6 Å². The lowest BCUT2D eigenvalue weighted by molar-refractivity contribution is -0.120. The Labute approximate surface area is 205 Å². The molecule has 1 N–H and O–H groups in total. The molecular weight excluding hydrogens is 462 g/mol. The topological polar surface area (TPSA) is 96.4 Å². The van der Waals surface area contributed by atoms with Crippen LogP contribution < -0.4 is 5.32 Å². The summed E-state index contributed by atoms with van der Waals surface area (Å²) >= 11 is 0. The molecule has 0 spiro atoms. The molecule has 8 heteroatoms. The molecule has 1 fully saturated rings.